The van der Waals surface area contributed by atoms with E-state index in [0.29, 0.717) is 0 Å². The lowest BCUT2D eigenvalue weighted by molar-refractivity contribution is -0.272. The molecular weight excluding hydrogens is 479 g/mol. The second-order valence-electron chi connectivity index (χ2n) is 8.59. The van der Waals surface area contributed by atoms with Gasteiger partial charge in [0.25, 0.3) is 5.91 Å². The van der Waals surface area contributed by atoms with E-state index in [4.69, 9.17) is 9.47 Å². The zero-order valence-corrected chi connectivity index (χ0v) is 19.2. The van der Waals surface area contributed by atoms with Crippen LogP contribution in [0.1, 0.15) is 44.1 Å². The molecule has 1 amide bonds. The first-order valence-electron chi connectivity index (χ1n) is 10.6. The molecule has 0 saturated carbocycles. The summed E-state index contributed by atoms with van der Waals surface area (Å²) in [7, 11) is 1.04. The molecule has 1 saturated heterocycles. The molecule has 1 fully saturated rings. The van der Waals surface area contributed by atoms with Gasteiger partial charge in [0.2, 0.25) is 5.82 Å². The first-order chi connectivity index (χ1) is 16.2. The van der Waals surface area contributed by atoms with E-state index in [1.165, 1.54) is 26.0 Å². The van der Waals surface area contributed by atoms with E-state index in [9.17, 15) is 37.0 Å². The number of benzene rings is 1. The molecule has 3 rings (SSSR count). The molecule has 192 valence electrons. The number of nitrogens with zero attached hydrogens (tertiary/aromatic N) is 1. The number of rotatable bonds is 6. The summed E-state index contributed by atoms with van der Waals surface area (Å²) in [6, 6.07) is 4.47. The highest BCUT2D eigenvalue weighted by atomic mass is 19.4. The number of aromatic nitrogens is 1. The Kier molecular flexibility index (Phi) is 7.39. The van der Waals surface area contributed by atoms with Gasteiger partial charge in [-0.05, 0) is 32.0 Å². The van der Waals surface area contributed by atoms with Gasteiger partial charge in [-0.1, -0.05) is 13.0 Å². The van der Waals surface area contributed by atoms with E-state index in [-0.39, 0.29) is 16.9 Å². The average molecular weight is 504 g/mol. The third kappa shape index (κ3) is 4.82. The number of ether oxygens (including phenoxy) is 2. The van der Waals surface area contributed by atoms with Crippen molar-refractivity contribution in [1.82, 2.24) is 4.98 Å². The highest BCUT2D eigenvalue weighted by Gasteiger charge is 2.65. The van der Waals surface area contributed by atoms with Crippen LogP contribution >= 0.6 is 0 Å². The number of carbonyl (C=O) groups excluding carboxylic acids is 1. The monoisotopic (exact) mass is 504 g/mol. The van der Waals surface area contributed by atoms with Crippen molar-refractivity contribution < 1.29 is 46.4 Å². The van der Waals surface area contributed by atoms with Crippen LogP contribution < -0.4 is 10.1 Å². The van der Waals surface area contributed by atoms with Crippen molar-refractivity contribution in [2.75, 3.05) is 12.4 Å². The Bertz CT molecular complexity index is 1080. The van der Waals surface area contributed by atoms with Crippen molar-refractivity contribution in [3.63, 3.8) is 0 Å². The molecule has 0 aliphatic carbocycles. The number of nitrogens with one attached hydrogen (secondary N) is 1. The third-order valence-electron chi connectivity index (χ3n) is 6.38. The highest BCUT2D eigenvalue weighted by molar-refractivity contribution is 5.95. The number of hydrogen-bond donors (Lipinski definition) is 3. The molecule has 0 bridgehead atoms. The summed E-state index contributed by atoms with van der Waals surface area (Å²) in [5, 5.41) is 21.7. The molecule has 6 atom stereocenters. The Morgan fingerprint density at radius 1 is 1.23 bits per heavy atom. The number of pyridine rings is 1. The first kappa shape index (κ1) is 26.8. The molecule has 7 nitrogen and oxygen atoms in total. The van der Waals surface area contributed by atoms with Crippen LogP contribution in [0.3, 0.4) is 0 Å². The van der Waals surface area contributed by atoms with Gasteiger partial charge < -0.3 is 25.0 Å². The minimum atomic E-state index is -4.88. The lowest BCUT2D eigenvalue weighted by atomic mass is 9.77. The molecule has 1 aromatic heterocycles. The van der Waals surface area contributed by atoms with Crippen LogP contribution in [0.5, 0.6) is 5.75 Å². The first-order valence-corrected chi connectivity index (χ1v) is 10.6. The second kappa shape index (κ2) is 9.67. The summed E-state index contributed by atoms with van der Waals surface area (Å²) >= 11 is 0. The average Bonchev–Trinajstić information content (AvgIpc) is 3.07. The maximum absolute atomic E-state index is 14.4. The van der Waals surface area contributed by atoms with Crippen LogP contribution in [-0.4, -0.2) is 52.2 Å². The number of aliphatic hydroxyl groups is 2. The fraction of sp³-hybridized carbons (Fsp3) is 0.478. The lowest BCUT2D eigenvalue weighted by Crippen LogP contribution is -2.47. The van der Waals surface area contributed by atoms with Gasteiger partial charge in [0, 0.05) is 17.4 Å². The Hall–Kier alpha value is -2.83. The topological polar surface area (TPSA) is 101 Å². The van der Waals surface area contributed by atoms with Crippen LogP contribution in [-0.2, 0) is 9.53 Å². The minimum absolute atomic E-state index is 0.0735. The lowest BCUT2D eigenvalue weighted by Gasteiger charge is -2.32. The van der Waals surface area contributed by atoms with Gasteiger partial charge in [-0.3, -0.25) is 9.78 Å². The second-order valence-corrected chi connectivity index (χ2v) is 8.59. The van der Waals surface area contributed by atoms with E-state index >= 15 is 0 Å². The van der Waals surface area contributed by atoms with E-state index in [0.717, 1.165) is 32.4 Å². The summed E-state index contributed by atoms with van der Waals surface area (Å²) in [6.07, 6.45) is -7.88. The molecular formula is C23H25F5N2O5. The maximum atomic E-state index is 14.4. The third-order valence-corrected chi connectivity index (χ3v) is 6.38. The zero-order chi connectivity index (χ0) is 26.3. The summed E-state index contributed by atoms with van der Waals surface area (Å²) in [5.41, 5.74) is -2.75. The molecule has 0 spiro atoms. The maximum Gasteiger partial charge on any atom is 0.417 e. The molecule has 2 heterocycles. The number of anilines is 1. The van der Waals surface area contributed by atoms with E-state index < -0.39 is 65.2 Å². The number of hydrogen-bond acceptors (Lipinski definition) is 6. The number of carbonyl (C=O) groups is 1. The molecule has 1 aliphatic heterocycles. The number of alkyl halides is 3. The van der Waals surface area contributed by atoms with Crippen LogP contribution in [0.2, 0.25) is 0 Å². The quantitative estimate of drug-likeness (QED) is 0.517. The van der Waals surface area contributed by atoms with Crippen molar-refractivity contribution >= 4 is 11.6 Å². The van der Waals surface area contributed by atoms with Crippen molar-refractivity contribution in [3.05, 3.63) is 53.4 Å². The zero-order valence-electron chi connectivity index (χ0n) is 19.2. The van der Waals surface area contributed by atoms with Crippen molar-refractivity contribution in [3.8, 4) is 5.75 Å². The number of amides is 1. The van der Waals surface area contributed by atoms with Crippen molar-refractivity contribution in [2.45, 2.75) is 56.8 Å². The van der Waals surface area contributed by atoms with Crippen molar-refractivity contribution in [1.29, 1.82) is 0 Å². The van der Waals surface area contributed by atoms with Gasteiger partial charge in [0.05, 0.1) is 30.8 Å². The fourth-order valence-corrected chi connectivity index (χ4v) is 4.15. The van der Waals surface area contributed by atoms with Gasteiger partial charge in [-0.25, -0.2) is 4.39 Å². The number of halogens is 5. The van der Waals surface area contributed by atoms with Crippen LogP contribution in [0, 0.1) is 17.6 Å². The summed E-state index contributed by atoms with van der Waals surface area (Å²) < 4.78 is 80.3. The van der Waals surface area contributed by atoms with Crippen LogP contribution in [0.25, 0.3) is 0 Å². The molecule has 1 aliphatic rings. The SMILES string of the molecule is COc1c([C@H]2[C@H](C(=O)Nc3ccc([C@@H](O)[C@@H](C)O)nc3)O[C@@](C)(C(F)(F)F)[C@H]2C)ccc(F)c1F. The van der Waals surface area contributed by atoms with Crippen molar-refractivity contribution in [2.24, 2.45) is 5.92 Å². The molecule has 0 unspecified atom stereocenters. The normalized spacial score (nSPS) is 26.3. The Balaban J connectivity index is 1.99. The Morgan fingerprint density at radius 2 is 1.89 bits per heavy atom. The van der Waals surface area contributed by atoms with Crippen LogP contribution in [0.4, 0.5) is 27.6 Å². The summed E-state index contributed by atoms with van der Waals surface area (Å²) in [5.74, 6) is -6.99. The van der Waals surface area contributed by atoms with Gasteiger partial charge in [0.1, 0.15) is 12.2 Å². The largest absolute Gasteiger partial charge is 0.493 e. The standard InChI is InChI=1S/C23H25F5N2O5/c1-10-16(13-6-7-14(24)17(25)19(13)34-4)20(35-22(10,3)23(26,27)28)21(33)30-12-5-8-15(29-9-12)18(32)11(2)31/h5-11,16,18,20,31-32H,1-4H3,(H,30,33)/t10-,11+,16-,18-,20+,22+/m0/s1. The van der Waals surface area contributed by atoms with Gasteiger partial charge in [-0.2, -0.15) is 17.6 Å². The van der Waals surface area contributed by atoms with Gasteiger partial charge in [-0.15, -0.1) is 0 Å². The highest BCUT2D eigenvalue weighted by Crippen LogP contribution is 2.55. The number of methoxy groups -OCH3 is 1. The van der Waals surface area contributed by atoms with E-state index in [2.05, 4.69) is 10.3 Å². The predicted octanol–water partition coefficient (Wildman–Crippen LogP) is 3.86. The summed E-state index contributed by atoms with van der Waals surface area (Å²) in [4.78, 5) is 17.0. The molecule has 12 heteroatoms. The molecule has 35 heavy (non-hydrogen) atoms. The fourth-order valence-electron chi connectivity index (χ4n) is 4.15. The van der Waals surface area contributed by atoms with Gasteiger partial charge in [0.15, 0.2) is 17.2 Å². The molecule has 3 N–H and O–H groups in total. The Morgan fingerprint density at radius 3 is 2.40 bits per heavy atom. The predicted molar refractivity (Wildman–Crippen MR) is 114 cm³/mol. The van der Waals surface area contributed by atoms with E-state index in [1.54, 1.807) is 0 Å². The van der Waals surface area contributed by atoms with Gasteiger partial charge >= 0.3 is 6.18 Å². The van der Waals surface area contributed by atoms with E-state index in [1.807, 2.05) is 0 Å². The number of aliphatic hydroxyl groups excluding tert-OH is 2. The summed E-state index contributed by atoms with van der Waals surface area (Å²) in [6.45, 7) is 3.35. The van der Waals surface area contributed by atoms with Crippen LogP contribution in [0.15, 0.2) is 30.5 Å². The molecule has 1 aromatic carbocycles. The Labute approximate surface area is 197 Å². The molecule has 0 radical (unpaired) electrons. The smallest absolute Gasteiger partial charge is 0.417 e. The molecule has 2 aromatic rings. The minimum Gasteiger partial charge on any atom is -0.493 e.